The number of imidazole rings is 1. The van der Waals surface area contributed by atoms with Crippen LogP contribution in [-0.2, 0) is 34.8 Å². The maximum absolute atomic E-state index is 13.5. The van der Waals surface area contributed by atoms with Gasteiger partial charge in [0.2, 0.25) is 5.91 Å². The Balaban J connectivity index is 1.37. The van der Waals surface area contributed by atoms with Gasteiger partial charge in [-0.05, 0) is 48.9 Å². The molecule has 0 fully saturated rings. The van der Waals surface area contributed by atoms with E-state index < -0.39 is 10.0 Å². The molecule has 5 rings (SSSR count). The van der Waals surface area contributed by atoms with E-state index in [0.29, 0.717) is 36.6 Å². The first-order chi connectivity index (χ1) is 21.5. The van der Waals surface area contributed by atoms with Crippen LogP contribution in [0, 0.1) is 5.92 Å². The molecule has 0 saturated carbocycles. The van der Waals surface area contributed by atoms with Crippen molar-refractivity contribution >= 4 is 21.6 Å². The zero-order valence-electron chi connectivity index (χ0n) is 26.1. The summed E-state index contributed by atoms with van der Waals surface area (Å²) in [6.45, 7) is 5.42. The van der Waals surface area contributed by atoms with Crippen LogP contribution in [0.5, 0.6) is 5.75 Å². The van der Waals surface area contributed by atoms with Crippen LogP contribution in [0.4, 0.5) is 5.69 Å². The fourth-order valence-electron chi connectivity index (χ4n) is 5.56. The number of rotatable bonds is 10. The van der Waals surface area contributed by atoms with Gasteiger partial charge in [0.15, 0.2) is 5.03 Å². The lowest BCUT2D eigenvalue weighted by molar-refractivity contribution is -0.134. The summed E-state index contributed by atoms with van der Waals surface area (Å²) < 4.78 is 36.6. The molecule has 3 aromatic carbocycles. The molecule has 1 aliphatic rings. The number of aryl methyl sites for hydroxylation is 1. The van der Waals surface area contributed by atoms with Crippen molar-refractivity contribution in [1.29, 1.82) is 0 Å². The molecule has 2 heterocycles. The first kappa shape index (κ1) is 32.2. The molecular formula is C34H41N5O5S. The minimum Gasteiger partial charge on any atom is -0.488 e. The number of nitrogens with zero attached hydrogens (tertiary/aromatic N) is 4. The molecule has 0 aliphatic carbocycles. The van der Waals surface area contributed by atoms with E-state index in [-0.39, 0.29) is 42.0 Å². The van der Waals surface area contributed by atoms with Gasteiger partial charge in [0.1, 0.15) is 11.9 Å². The number of carbonyl (C=O) groups is 1. The number of aromatic nitrogens is 2. The molecule has 1 aromatic heterocycles. The van der Waals surface area contributed by atoms with Crippen molar-refractivity contribution < 1.29 is 23.1 Å². The molecular weight excluding hydrogens is 590 g/mol. The van der Waals surface area contributed by atoms with Gasteiger partial charge >= 0.3 is 0 Å². The van der Waals surface area contributed by atoms with Gasteiger partial charge in [-0.25, -0.2) is 4.98 Å². The van der Waals surface area contributed by atoms with E-state index in [4.69, 9.17) is 4.74 Å². The summed E-state index contributed by atoms with van der Waals surface area (Å²) in [6.07, 6.45) is 2.55. The highest BCUT2D eigenvalue weighted by Crippen LogP contribution is 2.30. The first-order valence-corrected chi connectivity index (χ1v) is 16.5. The van der Waals surface area contributed by atoms with Crippen molar-refractivity contribution in [3.8, 4) is 16.9 Å². The summed E-state index contributed by atoms with van der Waals surface area (Å²) in [7, 11) is -0.187. The van der Waals surface area contributed by atoms with E-state index in [0.717, 1.165) is 5.56 Å². The van der Waals surface area contributed by atoms with Crippen molar-refractivity contribution in [1.82, 2.24) is 19.4 Å². The fraction of sp³-hybridized carbons (Fsp3) is 0.353. The lowest BCUT2D eigenvalue weighted by Gasteiger charge is -2.34. The maximum Gasteiger partial charge on any atom is 0.280 e. The number of sulfonamides is 1. The quantitative estimate of drug-likeness (QED) is 0.270. The third-order valence-corrected chi connectivity index (χ3v) is 9.40. The summed E-state index contributed by atoms with van der Waals surface area (Å²) in [4.78, 5) is 21.4. The number of aliphatic hydroxyl groups excluding tert-OH is 1. The van der Waals surface area contributed by atoms with Gasteiger partial charge in [-0.3, -0.25) is 14.4 Å². The Morgan fingerprint density at radius 3 is 2.47 bits per heavy atom. The van der Waals surface area contributed by atoms with E-state index in [2.05, 4.69) is 57.9 Å². The van der Waals surface area contributed by atoms with Gasteiger partial charge in [0.25, 0.3) is 10.0 Å². The molecule has 238 valence electrons. The van der Waals surface area contributed by atoms with E-state index in [1.54, 1.807) is 34.7 Å². The number of amides is 1. The topological polar surface area (TPSA) is 117 Å². The van der Waals surface area contributed by atoms with Crippen molar-refractivity contribution in [3.63, 3.8) is 0 Å². The van der Waals surface area contributed by atoms with Crippen molar-refractivity contribution in [3.05, 3.63) is 96.4 Å². The molecule has 0 saturated heterocycles. The van der Waals surface area contributed by atoms with Crippen LogP contribution in [0.2, 0.25) is 0 Å². The fourth-order valence-corrected chi connectivity index (χ4v) is 6.60. The van der Waals surface area contributed by atoms with Gasteiger partial charge in [0, 0.05) is 50.0 Å². The largest absolute Gasteiger partial charge is 0.488 e. The number of benzene rings is 3. The van der Waals surface area contributed by atoms with E-state index >= 15 is 0 Å². The molecule has 4 aromatic rings. The minimum absolute atomic E-state index is 0.00186. The molecule has 0 unspecified atom stereocenters. The van der Waals surface area contributed by atoms with Gasteiger partial charge in [0.05, 0.1) is 25.4 Å². The van der Waals surface area contributed by atoms with Crippen LogP contribution in [0.25, 0.3) is 11.1 Å². The van der Waals surface area contributed by atoms with Crippen LogP contribution in [0.15, 0.2) is 90.3 Å². The number of nitrogens with one attached hydrogen (secondary N) is 1. The second-order valence-electron chi connectivity index (χ2n) is 12.0. The van der Waals surface area contributed by atoms with Crippen molar-refractivity contribution in [2.24, 2.45) is 13.0 Å². The van der Waals surface area contributed by atoms with Gasteiger partial charge in [-0.15, -0.1) is 0 Å². The third-order valence-electron chi connectivity index (χ3n) is 8.13. The number of aliphatic hydroxyl groups is 1. The Kier molecular flexibility index (Phi) is 9.91. The second kappa shape index (κ2) is 13.8. The average Bonchev–Trinajstić information content (AvgIpc) is 3.49. The smallest absolute Gasteiger partial charge is 0.280 e. The monoisotopic (exact) mass is 631 g/mol. The number of hydrogen-bond donors (Lipinski definition) is 2. The van der Waals surface area contributed by atoms with Crippen molar-refractivity contribution in [2.45, 2.75) is 44.0 Å². The predicted molar refractivity (Wildman–Crippen MR) is 174 cm³/mol. The average molecular weight is 632 g/mol. The normalized spacial score (nSPS) is 18.0. The Morgan fingerprint density at radius 1 is 1.09 bits per heavy atom. The maximum atomic E-state index is 13.5. The Bertz CT molecular complexity index is 1710. The standard InChI is InChI=1S/C34H41N5O5S/c1-24-18-39(25(2)22-40)34(41)17-29-16-30(36-45(42,43)33-21-38(4)23-35-33)14-15-31(29)44-32(24)20-37(3)19-26-10-12-28(13-11-26)27-8-6-5-7-9-27/h5-16,21,23-25,32,36,40H,17-20,22H2,1-4H3/t24-,25+,32+/m0/s1. The Hall–Kier alpha value is -4.19. The molecule has 0 spiro atoms. The van der Waals surface area contributed by atoms with Crippen LogP contribution in [0.3, 0.4) is 0 Å². The van der Waals surface area contributed by atoms with Gasteiger partial charge in [-0.1, -0.05) is 61.5 Å². The number of hydrogen-bond acceptors (Lipinski definition) is 7. The number of likely N-dealkylation sites (N-methyl/N-ethyl adjacent to an activating group) is 1. The molecule has 0 bridgehead atoms. The van der Waals surface area contributed by atoms with Crippen molar-refractivity contribution in [2.75, 3.05) is 31.5 Å². The van der Waals surface area contributed by atoms with Crippen LogP contribution < -0.4 is 9.46 Å². The zero-order valence-corrected chi connectivity index (χ0v) is 26.9. The first-order valence-electron chi connectivity index (χ1n) is 15.1. The molecule has 1 aliphatic heterocycles. The van der Waals surface area contributed by atoms with Crippen LogP contribution in [0.1, 0.15) is 25.0 Å². The molecule has 0 radical (unpaired) electrons. The summed E-state index contributed by atoms with van der Waals surface area (Å²) >= 11 is 0. The SMILES string of the molecule is C[C@H](CO)N1C[C@H](C)[C@@H](CN(C)Cc2ccc(-c3ccccc3)cc2)Oc2ccc(NS(=O)(=O)c3cn(C)cn3)cc2CC1=O. The van der Waals surface area contributed by atoms with Gasteiger partial charge < -0.3 is 19.3 Å². The molecule has 1 amide bonds. The zero-order chi connectivity index (χ0) is 32.1. The number of anilines is 1. The highest BCUT2D eigenvalue weighted by Gasteiger charge is 2.31. The minimum atomic E-state index is -3.93. The summed E-state index contributed by atoms with van der Waals surface area (Å²) in [6, 6.07) is 23.4. The Labute approximate surface area is 265 Å². The van der Waals surface area contributed by atoms with Crippen LogP contribution >= 0.6 is 0 Å². The summed E-state index contributed by atoms with van der Waals surface area (Å²) in [5, 5.41) is 9.85. The predicted octanol–water partition coefficient (Wildman–Crippen LogP) is 4.17. The van der Waals surface area contributed by atoms with E-state index in [1.165, 1.54) is 23.7 Å². The molecule has 10 nitrogen and oxygen atoms in total. The van der Waals surface area contributed by atoms with E-state index in [1.807, 2.05) is 32.2 Å². The molecule has 3 atom stereocenters. The lowest BCUT2D eigenvalue weighted by atomic mass is 10.0. The number of fused-ring (bicyclic) bond motifs is 1. The number of carbonyl (C=O) groups excluding carboxylic acids is 1. The highest BCUT2D eigenvalue weighted by molar-refractivity contribution is 7.92. The van der Waals surface area contributed by atoms with E-state index in [9.17, 15) is 18.3 Å². The second-order valence-corrected chi connectivity index (χ2v) is 13.6. The van der Waals surface area contributed by atoms with Crippen LogP contribution in [-0.4, -0.2) is 77.7 Å². The molecule has 11 heteroatoms. The number of ether oxygens (including phenoxy) is 1. The lowest BCUT2D eigenvalue weighted by Crippen LogP contribution is -2.47. The summed E-state index contributed by atoms with van der Waals surface area (Å²) in [5.74, 6) is 0.310. The van der Waals surface area contributed by atoms with Gasteiger partial charge in [-0.2, -0.15) is 8.42 Å². The molecule has 2 N–H and O–H groups in total. The molecule has 45 heavy (non-hydrogen) atoms. The highest BCUT2D eigenvalue weighted by atomic mass is 32.2. The third kappa shape index (κ3) is 7.91. The Morgan fingerprint density at radius 2 is 1.80 bits per heavy atom. The summed E-state index contributed by atoms with van der Waals surface area (Å²) in [5.41, 5.74) is 4.37.